The molecule has 8 heteroatoms. The monoisotopic (exact) mass is 418 g/mol. The van der Waals surface area contributed by atoms with E-state index in [-0.39, 0.29) is 18.2 Å². The number of carbonyl (C=O) groups is 2. The van der Waals surface area contributed by atoms with Gasteiger partial charge >= 0.3 is 0 Å². The molecule has 1 aliphatic rings. The third kappa shape index (κ3) is 5.31. The van der Waals surface area contributed by atoms with Gasteiger partial charge in [0.15, 0.2) is 0 Å². The molecule has 1 saturated heterocycles. The molecule has 1 aliphatic heterocycles. The lowest BCUT2D eigenvalue weighted by Gasteiger charge is -2.35. The maximum absolute atomic E-state index is 13.3. The Balaban J connectivity index is 1.69. The summed E-state index contributed by atoms with van der Waals surface area (Å²) >= 11 is 6.15. The Morgan fingerprint density at radius 2 is 2.17 bits per heavy atom. The molecule has 2 heterocycles. The van der Waals surface area contributed by atoms with Crippen LogP contribution < -0.4 is 5.32 Å². The van der Waals surface area contributed by atoms with Crippen molar-refractivity contribution >= 4 is 23.4 Å². The summed E-state index contributed by atoms with van der Waals surface area (Å²) in [7, 11) is 1.73. The first-order valence-electron chi connectivity index (χ1n) is 9.44. The average Bonchev–Trinajstić information content (AvgIpc) is 2.68. The standard InChI is InChI=1S/C21H24ClFN4O2/c1-14-11-24-6-5-15(14)12-26(2)20(28)10-19-21(29)25-7-8-27(19)13-16-3-4-17(23)9-18(16)22/h3-6,9,11,19H,7-8,10,12-13H2,1-2H3,(H,25,29). The van der Waals surface area contributed by atoms with Crippen LogP contribution in [0.3, 0.4) is 0 Å². The minimum absolute atomic E-state index is 0.0608. The highest BCUT2D eigenvalue weighted by Gasteiger charge is 2.32. The van der Waals surface area contributed by atoms with E-state index in [1.54, 1.807) is 30.4 Å². The van der Waals surface area contributed by atoms with Crippen LogP contribution in [-0.2, 0) is 22.7 Å². The maximum atomic E-state index is 13.3. The molecule has 1 atom stereocenters. The molecule has 1 unspecified atom stereocenters. The van der Waals surface area contributed by atoms with Crippen LogP contribution in [0.4, 0.5) is 4.39 Å². The Hall–Kier alpha value is -2.51. The van der Waals surface area contributed by atoms with Gasteiger partial charge in [-0.3, -0.25) is 19.5 Å². The molecule has 1 fully saturated rings. The van der Waals surface area contributed by atoms with Gasteiger partial charge in [0, 0.05) is 50.6 Å². The Bertz CT molecular complexity index is 908. The summed E-state index contributed by atoms with van der Waals surface area (Å²) in [6.07, 6.45) is 3.52. The Labute approximate surface area is 174 Å². The van der Waals surface area contributed by atoms with E-state index in [9.17, 15) is 14.0 Å². The molecule has 1 aromatic heterocycles. The molecule has 6 nitrogen and oxygen atoms in total. The van der Waals surface area contributed by atoms with Crippen LogP contribution in [0.5, 0.6) is 0 Å². The highest BCUT2D eigenvalue weighted by Crippen LogP contribution is 2.22. The number of rotatable bonds is 6. The number of carbonyl (C=O) groups excluding carboxylic acids is 2. The van der Waals surface area contributed by atoms with Crippen LogP contribution in [0, 0.1) is 12.7 Å². The van der Waals surface area contributed by atoms with Crippen LogP contribution in [0.1, 0.15) is 23.1 Å². The van der Waals surface area contributed by atoms with Crippen molar-refractivity contribution in [2.24, 2.45) is 0 Å². The molecule has 1 aromatic carbocycles. The number of pyridine rings is 1. The molecule has 0 bridgehead atoms. The van der Waals surface area contributed by atoms with Crippen molar-refractivity contribution in [3.8, 4) is 0 Å². The molecule has 0 spiro atoms. The van der Waals surface area contributed by atoms with Crippen molar-refractivity contribution in [1.29, 1.82) is 0 Å². The van der Waals surface area contributed by atoms with Gasteiger partial charge in [-0.2, -0.15) is 0 Å². The number of nitrogens with one attached hydrogen (secondary N) is 1. The van der Waals surface area contributed by atoms with Gasteiger partial charge in [0.05, 0.1) is 12.5 Å². The fraction of sp³-hybridized carbons (Fsp3) is 0.381. The highest BCUT2D eigenvalue weighted by atomic mass is 35.5. The van der Waals surface area contributed by atoms with Gasteiger partial charge in [-0.15, -0.1) is 0 Å². The van der Waals surface area contributed by atoms with Gasteiger partial charge in [0.25, 0.3) is 0 Å². The Morgan fingerprint density at radius 3 is 2.90 bits per heavy atom. The first kappa shape index (κ1) is 21.2. The molecule has 0 saturated carbocycles. The molecule has 2 aromatic rings. The predicted octanol–water partition coefficient (Wildman–Crippen LogP) is 2.53. The van der Waals surface area contributed by atoms with E-state index in [4.69, 9.17) is 11.6 Å². The third-order valence-corrected chi connectivity index (χ3v) is 5.52. The van der Waals surface area contributed by atoms with Crippen molar-refractivity contribution in [2.45, 2.75) is 32.5 Å². The van der Waals surface area contributed by atoms with E-state index in [2.05, 4.69) is 10.3 Å². The quantitative estimate of drug-likeness (QED) is 0.783. The van der Waals surface area contributed by atoms with E-state index in [0.717, 1.165) is 16.7 Å². The molecule has 29 heavy (non-hydrogen) atoms. The smallest absolute Gasteiger partial charge is 0.237 e. The Kier molecular flexibility index (Phi) is 6.82. The Morgan fingerprint density at radius 1 is 1.38 bits per heavy atom. The highest BCUT2D eigenvalue weighted by molar-refractivity contribution is 6.31. The van der Waals surface area contributed by atoms with Crippen LogP contribution in [0.15, 0.2) is 36.7 Å². The number of benzene rings is 1. The van der Waals surface area contributed by atoms with Gasteiger partial charge in [0.1, 0.15) is 5.82 Å². The van der Waals surface area contributed by atoms with E-state index in [0.29, 0.717) is 31.2 Å². The lowest BCUT2D eigenvalue weighted by Crippen LogP contribution is -2.56. The SMILES string of the molecule is Cc1cnccc1CN(C)C(=O)CC1C(=O)NCCN1Cc1ccc(F)cc1Cl. The summed E-state index contributed by atoms with van der Waals surface area (Å²) in [6, 6.07) is 5.50. The second kappa shape index (κ2) is 9.33. The van der Waals surface area contributed by atoms with Crippen molar-refractivity contribution < 1.29 is 14.0 Å². The zero-order chi connectivity index (χ0) is 21.0. The summed E-state index contributed by atoms with van der Waals surface area (Å²) in [6.45, 7) is 3.85. The van der Waals surface area contributed by atoms with Crippen LogP contribution in [-0.4, -0.2) is 52.8 Å². The molecular formula is C21H24ClFN4O2. The molecule has 3 rings (SSSR count). The zero-order valence-electron chi connectivity index (χ0n) is 16.5. The van der Waals surface area contributed by atoms with E-state index in [1.807, 2.05) is 17.9 Å². The summed E-state index contributed by atoms with van der Waals surface area (Å²) in [5, 5.41) is 3.13. The lowest BCUT2D eigenvalue weighted by molar-refractivity contribution is -0.138. The minimum Gasteiger partial charge on any atom is -0.353 e. The number of aromatic nitrogens is 1. The summed E-state index contributed by atoms with van der Waals surface area (Å²) in [5.74, 6) is -0.718. The number of hydrogen-bond acceptors (Lipinski definition) is 4. The third-order valence-electron chi connectivity index (χ3n) is 5.17. The second-order valence-corrected chi connectivity index (χ2v) is 7.68. The topological polar surface area (TPSA) is 65.5 Å². The van der Waals surface area contributed by atoms with E-state index in [1.165, 1.54) is 12.1 Å². The predicted molar refractivity (Wildman–Crippen MR) is 109 cm³/mol. The van der Waals surface area contributed by atoms with E-state index >= 15 is 0 Å². The summed E-state index contributed by atoms with van der Waals surface area (Å²) < 4.78 is 13.3. The van der Waals surface area contributed by atoms with Gasteiger partial charge in [0.2, 0.25) is 11.8 Å². The first-order chi connectivity index (χ1) is 13.8. The number of aryl methyl sites for hydroxylation is 1. The minimum atomic E-state index is -0.599. The van der Waals surface area contributed by atoms with Crippen LogP contribution in [0.2, 0.25) is 5.02 Å². The second-order valence-electron chi connectivity index (χ2n) is 7.27. The van der Waals surface area contributed by atoms with Crippen molar-refractivity contribution in [3.63, 3.8) is 0 Å². The molecule has 154 valence electrons. The van der Waals surface area contributed by atoms with Crippen LogP contribution in [0.25, 0.3) is 0 Å². The van der Waals surface area contributed by atoms with E-state index < -0.39 is 11.9 Å². The molecule has 0 radical (unpaired) electrons. The van der Waals surface area contributed by atoms with Gasteiger partial charge in [-0.05, 0) is 41.8 Å². The fourth-order valence-electron chi connectivity index (χ4n) is 3.39. The van der Waals surface area contributed by atoms with Crippen molar-refractivity contribution in [1.82, 2.24) is 20.1 Å². The largest absolute Gasteiger partial charge is 0.353 e. The normalized spacial score (nSPS) is 17.1. The average molecular weight is 419 g/mol. The van der Waals surface area contributed by atoms with Gasteiger partial charge in [-0.25, -0.2) is 4.39 Å². The van der Waals surface area contributed by atoms with Gasteiger partial charge < -0.3 is 10.2 Å². The molecule has 0 aliphatic carbocycles. The number of nitrogens with zero attached hydrogens (tertiary/aromatic N) is 3. The van der Waals surface area contributed by atoms with Crippen LogP contribution >= 0.6 is 11.6 Å². The molecule has 1 N–H and O–H groups in total. The number of hydrogen-bond donors (Lipinski definition) is 1. The lowest BCUT2D eigenvalue weighted by atomic mass is 10.1. The number of amides is 2. The number of piperazine rings is 1. The fourth-order valence-corrected chi connectivity index (χ4v) is 3.61. The zero-order valence-corrected chi connectivity index (χ0v) is 17.2. The maximum Gasteiger partial charge on any atom is 0.237 e. The number of halogens is 2. The summed E-state index contributed by atoms with van der Waals surface area (Å²) in [4.78, 5) is 32.9. The molecular weight excluding hydrogens is 395 g/mol. The first-order valence-corrected chi connectivity index (χ1v) is 9.82. The molecule has 2 amide bonds. The van der Waals surface area contributed by atoms with Crippen molar-refractivity contribution in [3.05, 3.63) is 64.2 Å². The van der Waals surface area contributed by atoms with Gasteiger partial charge in [-0.1, -0.05) is 17.7 Å². The van der Waals surface area contributed by atoms with Crippen molar-refractivity contribution in [2.75, 3.05) is 20.1 Å². The summed E-state index contributed by atoms with van der Waals surface area (Å²) in [5.41, 5.74) is 2.75.